The lowest BCUT2D eigenvalue weighted by Crippen LogP contribution is -2.44. The third-order valence-electron chi connectivity index (χ3n) is 2.83. The Morgan fingerprint density at radius 3 is 2.60 bits per heavy atom. The third-order valence-corrected chi connectivity index (χ3v) is 2.83. The van der Waals surface area contributed by atoms with Crippen LogP contribution in [0.5, 0.6) is 0 Å². The van der Waals surface area contributed by atoms with Crippen molar-refractivity contribution >= 4 is 0 Å². The van der Waals surface area contributed by atoms with Crippen LogP contribution in [0.25, 0.3) is 0 Å². The van der Waals surface area contributed by atoms with E-state index >= 15 is 0 Å². The lowest BCUT2D eigenvalue weighted by atomic mass is 9.92. The lowest BCUT2D eigenvalue weighted by molar-refractivity contribution is -0.155. The maximum atomic E-state index is 5.83. The molecule has 0 N–H and O–H groups in total. The van der Waals surface area contributed by atoms with Gasteiger partial charge in [0, 0.05) is 6.42 Å². The van der Waals surface area contributed by atoms with Crippen LogP contribution in [0.1, 0.15) is 12.0 Å². The van der Waals surface area contributed by atoms with E-state index in [1.54, 1.807) is 0 Å². The largest absolute Gasteiger partial charge is 0.376 e. The van der Waals surface area contributed by atoms with E-state index in [2.05, 4.69) is 31.2 Å². The molecular formula is C13H17O2. The summed E-state index contributed by atoms with van der Waals surface area (Å²) in [5, 5.41) is 0. The Balaban J connectivity index is 2.07. The van der Waals surface area contributed by atoms with Crippen LogP contribution in [0, 0.1) is 6.92 Å². The summed E-state index contributed by atoms with van der Waals surface area (Å²) in [5.41, 5.74) is 1.08. The SMILES string of the molecule is [CH2]CC1(Cc2ccccc2)COCCO1. The Morgan fingerprint density at radius 1 is 1.20 bits per heavy atom. The van der Waals surface area contributed by atoms with Gasteiger partial charge in [0.25, 0.3) is 0 Å². The molecule has 1 aromatic carbocycles. The van der Waals surface area contributed by atoms with Gasteiger partial charge in [0.15, 0.2) is 0 Å². The molecule has 0 aliphatic carbocycles. The first-order valence-corrected chi connectivity index (χ1v) is 5.40. The van der Waals surface area contributed by atoms with Gasteiger partial charge in [-0.25, -0.2) is 0 Å². The lowest BCUT2D eigenvalue weighted by Gasteiger charge is -2.36. The van der Waals surface area contributed by atoms with E-state index in [4.69, 9.17) is 9.47 Å². The van der Waals surface area contributed by atoms with E-state index < -0.39 is 0 Å². The van der Waals surface area contributed by atoms with Crippen LogP contribution in [0.4, 0.5) is 0 Å². The fourth-order valence-electron chi connectivity index (χ4n) is 1.92. The first-order valence-electron chi connectivity index (χ1n) is 5.40. The Kier molecular flexibility index (Phi) is 3.39. The molecule has 1 unspecified atom stereocenters. The van der Waals surface area contributed by atoms with Gasteiger partial charge in [0.2, 0.25) is 0 Å². The van der Waals surface area contributed by atoms with Gasteiger partial charge < -0.3 is 9.47 Å². The molecule has 1 atom stereocenters. The van der Waals surface area contributed by atoms with Gasteiger partial charge >= 0.3 is 0 Å². The van der Waals surface area contributed by atoms with E-state index in [9.17, 15) is 0 Å². The first kappa shape index (κ1) is 10.7. The number of hydrogen-bond acceptors (Lipinski definition) is 2. The molecule has 2 nitrogen and oxygen atoms in total. The minimum absolute atomic E-state index is 0.209. The monoisotopic (exact) mass is 205 g/mol. The van der Waals surface area contributed by atoms with Crippen LogP contribution in [-0.4, -0.2) is 25.4 Å². The van der Waals surface area contributed by atoms with E-state index in [1.165, 1.54) is 5.56 Å². The number of ether oxygens (including phenoxy) is 2. The average molecular weight is 205 g/mol. The maximum Gasteiger partial charge on any atom is 0.0956 e. The Hall–Kier alpha value is -0.860. The van der Waals surface area contributed by atoms with Crippen molar-refractivity contribution in [3.05, 3.63) is 42.8 Å². The molecule has 0 bridgehead atoms. The van der Waals surface area contributed by atoms with Gasteiger partial charge in [-0.1, -0.05) is 37.3 Å². The summed E-state index contributed by atoms with van der Waals surface area (Å²) in [4.78, 5) is 0. The predicted molar refractivity (Wildman–Crippen MR) is 59.6 cm³/mol. The molecule has 1 radical (unpaired) electrons. The number of hydrogen-bond donors (Lipinski definition) is 0. The second kappa shape index (κ2) is 4.77. The van der Waals surface area contributed by atoms with Crippen molar-refractivity contribution < 1.29 is 9.47 Å². The molecule has 2 heteroatoms. The molecule has 15 heavy (non-hydrogen) atoms. The molecule has 0 spiro atoms. The van der Waals surface area contributed by atoms with Crippen molar-refractivity contribution in [3.8, 4) is 0 Å². The van der Waals surface area contributed by atoms with Gasteiger partial charge in [-0.3, -0.25) is 0 Å². The van der Waals surface area contributed by atoms with Gasteiger partial charge in [0.05, 0.1) is 25.4 Å². The second-order valence-corrected chi connectivity index (χ2v) is 4.00. The summed E-state index contributed by atoms with van der Waals surface area (Å²) >= 11 is 0. The zero-order chi connectivity index (χ0) is 10.6. The van der Waals surface area contributed by atoms with Gasteiger partial charge in [-0.2, -0.15) is 0 Å². The molecular weight excluding hydrogens is 188 g/mol. The quantitative estimate of drug-likeness (QED) is 0.753. The summed E-state index contributed by atoms with van der Waals surface area (Å²) in [5.74, 6) is 0. The smallest absolute Gasteiger partial charge is 0.0956 e. The Bertz CT molecular complexity index is 289. The zero-order valence-corrected chi connectivity index (χ0v) is 8.95. The number of rotatable bonds is 3. The molecule has 1 fully saturated rings. The van der Waals surface area contributed by atoms with E-state index in [0.717, 1.165) is 12.8 Å². The fourth-order valence-corrected chi connectivity index (χ4v) is 1.92. The van der Waals surface area contributed by atoms with Crippen molar-refractivity contribution in [2.75, 3.05) is 19.8 Å². The first-order chi connectivity index (χ1) is 7.35. The molecule has 81 valence electrons. The van der Waals surface area contributed by atoms with Crippen molar-refractivity contribution in [1.82, 2.24) is 0 Å². The normalized spacial score (nSPS) is 26.5. The maximum absolute atomic E-state index is 5.83. The molecule has 1 heterocycles. The molecule has 1 aromatic rings. The minimum atomic E-state index is -0.209. The summed E-state index contributed by atoms with van der Waals surface area (Å²) < 4.78 is 11.3. The van der Waals surface area contributed by atoms with Crippen molar-refractivity contribution in [3.63, 3.8) is 0 Å². The van der Waals surface area contributed by atoms with Crippen LogP contribution < -0.4 is 0 Å². The molecule has 0 aromatic heterocycles. The topological polar surface area (TPSA) is 18.5 Å². The van der Waals surface area contributed by atoms with Crippen molar-refractivity contribution in [1.29, 1.82) is 0 Å². The summed E-state index contributed by atoms with van der Waals surface area (Å²) in [6.45, 7) is 6.02. The summed E-state index contributed by atoms with van der Waals surface area (Å²) in [7, 11) is 0. The van der Waals surface area contributed by atoms with Gasteiger partial charge in [-0.05, 0) is 12.0 Å². The second-order valence-electron chi connectivity index (χ2n) is 4.00. The summed E-state index contributed by atoms with van der Waals surface area (Å²) in [6.07, 6.45) is 1.64. The highest BCUT2D eigenvalue weighted by Crippen LogP contribution is 2.24. The highest BCUT2D eigenvalue weighted by Gasteiger charge is 2.32. The van der Waals surface area contributed by atoms with E-state index in [1.807, 2.05) is 6.07 Å². The highest BCUT2D eigenvalue weighted by molar-refractivity contribution is 5.17. The van der Waals surface area contributed by atoms with Crippen LogP contribution in [0.15, 0.2) is 30.3 Å². The van der Waals surface area contributed by atoms with Crippen LogP contribution >= 0.6 is 0 Å². The van der Waals surface area contributed by atoms with Crippen molar-refractivity contribution in [2.24, 2.45) is 0 Å². The predicted octanol–water partition coefficient (Wildman–Crippen LogP) is 2.24. The molecule has 2 rings (SSSR count). The van der Waals surface area contributed by atoms with Gasteiger partial charge in [0.1, 0.15) is 0 Å². The standard InChI is InChI=1S/C13H17O2/c1-2-13(11-14-8-9-15-13)10-12-6-4-3-5-7-12/h3-7H,1-2,8-11H2. The molecule has 1 aliphatic heterocycles. The number of benzene rings is 1. The highest BCUT2D eigenvalue weighted by atomic mass is 16.6. The van der Waals surface area contributed by atoms with Crippen molar-refractivity contribution in [2.45, 2.75) is 18.4 Å². The molecule has 1 aliphatic rings. The average Bonchev–Trinajstić information content (AvgIpc) is 2.32. The third kappa shape index (κ3) is 2.58. The van der Waals surface area contributed by atoms with E-state index in [-0.39, 0.29) is 5.60 Å². The molecule has 0 saturated carbocycles. The minimum Gasteiger partial charge on any atom is -0.376 e. The zero-order valence-electron chi connectivity index (χ0n) is 8.95. The molecule has 0 amide bonds. The van der Waals surface area contributed by atoms with Crippen LogP contribution in [-0.2, 0) is 15.9 Å². The summed E-state index contributed by atoms with van der Waals surface area (Å²) in [6, 6.07) is 10.4. The fraction of sp³-hybridized carbons (Fsp3) is 0.462. The molecule has 1 saturated heterocycles. The van der Waals surface area contributed by atoms with Crippen LogP contribution in [0.2, 0.25) is 0 Å². The Morgan fingerprint density at radius 2 is 2.00 bits per heavy atom. The van der Waals surface area contributed by atoms with Gasteiger partial charge in [-0.15, -0.1) is 0 Å². The van der Waals surface area contributed by atoms with Crippen LogP contribution in [0.3, 0.4) is 0 Å². The van der Waals surface area contributed by atoms with E-state index in [0.29, 0.717) is 19.8 Å². The Labute approximate surface area is 91.2 Å².